The van der Waals surface area contributed by atoms with Crippen molar-refractivity contribution < 1.29 is 14.3 Å². The van der Waals surface area contributed by atoms with Crippen molar-refractivity contribution in [2.45, 2.75) is 44.8 Å². The van der Waals surface area contributed by atoms with E-state index in [1.54, 1.807) is 23.1 Å². The molecule has 0 spiro atoms. The largest absolute Gasteiger partial charge is 0.391 e. The van der Waals surface area contributed by atoms with Gasteiger partial charge in [-0.15, -0.1) is 0 Å². The maximum atomic E-state index is 13.5. The molecule has 0 aliphatic carbocycles. The van der Waals surface area contributed by atoms with Gasteiger partial charge in [0.2, 0.25) is 5.91 Å². The van der Waals surface area contributed by atoms with Gasteiger partial charge < -0.3 is 10.0 Å². The van der Waals surface area contributed by atoms with E-state index in [1.165, 1.54) is 6.07 Å². The third-order valence-electron chi connectivity index (χ3n) is 3.73. The monoisotopic (exact) mass is 265 g/mol. The third kappa shape index (κ3) is 3.13. The number of aliphatic hydroxyl groups is 1. The first-order chi connectivity index (χ1) is 8.90. The molecule has 1 saturated heterocycles. The van der Waals surface area contributed by atoms with Crippen molar-refractivity contribution in [3.8, 4) is 0 Å². The number of nitrogens with zero attached hydrogens (tertiary/aromatic N) is 1. The lowest BCUT2D eigenvalue weighted by molar-refractivity contribution is -0.134. The Kier molecular flexibility index (Phi) is 3.90. The molecular weight excluding hydrogens is 245 g/mol. The highest BCUT2D eigenvalue weighted by atomic mass is 19.1. The minimum Gasteiger partial charge on any atom is -0.391 e. The first-order valence-corrected chi connectivity index (χ1v) is 6.62. The van der Waals surface area contributed by atoms with Gasteiger partial charge >= 0.3 is 0 Å². The molecule has 1 aliphatic rings. The molecule has 0 aromatic heterocycles. The van der Waals surface area contributed by atoms with Crippen molar-refractivity contribution in [3.63, 3.8) is 0 Å². The normalized spacial score (nSPS) is 21.7. The molecule has 1 heterocycles. The minimum atomic E-state index is -0.451. The number of aryl methyl sites for hydroxylation is 1. The molecule has 1 N–H and O–H groups in total. The van der Waals surface area contributed by atoms with Crippen molar-refractivity contribution in [1.82, 2.24) is 4.90 Å². The molecule has 0 saturated carbocycles. The fourth-order valence-electron chi connectivity index (χ4n) is 2.73. The molecule has 1 unspecified atom stereocenters. The number of β-amino-alcohol motifs (C(OH)–C–C–N with tert-alkyl or cyclic N) is 1. The molecule has 104 valence electrons. The van der Waals surface area contributed by atoms with Gasteiger partial charge in [-0.2, -0.15) is 0 Å². The number of aliphatic hydroxyl groups excluding tert-OH is 1. The number of amides is 1. The Balaban J connectivity index is 1.97. The van der Waals surface area contributed by atoms with Gasteiger partial charge in [-0.25, -0.2) is 4.39 Å². The van der Waals surface area contributed by atoms with Gasteiger partial charge in [-0.05, 0) is 38.3 Å². The first kappa shape index (κ1) is 14.0. The number of likely N-dealkylation sites (tertiary alicyclic amines) is 1. The van der Waals surface area contributed by atoms with E-state index in [2.05, 4.69) is 0 Å². The summed E-state index contributed by atoms with van der Waals surface area (Å²) in [4.78, 5) is 13.9. The van der Waals surface area contributed by atoms with Crippen LogP contribution in [0.25, 0.3) is 0 Å². The topological polar surface area (TPSA) is 40.5 Å². The zero-order valence-corrected chi connectivity index (χ0v) is 11.4. The van der Waals surface area contributed by atoms with Crippen LogP contribution in [0.1, 0.15) is 32.3 Å². The highest BCUT2D eigenvalue weighted by Gasteiger charge is 2.39. The molecule has 1 fully saturated rings. The van der Waals surface area contributed by atoms with Crippen LogP contribution in [0, 0.1) is 5.82 Å². The molecule has 19 heavy (non-hydrogen) atoms. The van der Waals surface area contributed by atoms with Gasteiger partial charge in [0.1, 0.15) is 5.82 Å². The van der Waals surface area contributed by atoms with Crippen LogP contribution in [-0.4, -0.2) is 34.1 Å². The van der Waals surface area contributed by atoms with Crippen LogP contribution in [0.2, 0.25) is 0 Å². The third-order valence-corrected chi connectivity index (χ3v) is 3.73. The fourth-order valence-corrected chi connectivity index (χ4v) is 2.73. The Labute approximate surface area is 113 Å². The van der Waals surface area contributed by atoms with E-state index in [0.29, 0.717) is 24.9 Å². The van der Waals surface area contributed by atoms with Gasteiger partial charge in [0.25, 0.3) is 0 Å². The number of halogens is 1. The zero-order valence-electron chi connectivity index (χ0n) is 11.4. The summed E-state index contributed by atoms with van der Waals surface area (Å²) in [5, 5.41) is 9.66. The highest BCUT2D eigenvalue weighted by molar-refractivity contribution is 5.77. The number of hydrogen-bond donors (Lipinski definition) is 1. The summed E-state index contributed by atoms with van der Waals surface area (Å²) in [6.45, 7) is 4.28. The smallest absolute Gasteiger partial charge is 0.223 e. The second kappa shape index (κ2) is 5.29. The quantitative estimate of drug-likeness (QED) is 0.909. The molecule has 1 amide bonds. The number of carbonyl (C=O) groups excluding carboxylic acids is 1. The summed E-state index contributed by atoms with van der Waals surface area (Å²) < 4.78 is 13.5. The van der Waals surface area contributed by atoms with Gasteiger partial charge in [-0.3, -0.25) is 4.79 Å². The number of hydrogen-bond acceptors (Lipinski definition) is 2. The maximum Gasteiger partial charge on any atom is 0.223 e. The standard InChI is InChI=1S/C15H20FNO2/c1-15(2)9-12(18)10-17(15)14(19)8-7-11-5-3-4-6-13(11)16/h3-6,12,18H,7-10H2,1-2H3. The predicted octanol–water partition coefficient (Wildman–Crippen LogP) is 2.13. The van der Waals surface area contributed by atoms with E-state index < -0.39 is 6.10 Å². The lowest BCUT2D eigenvalue weighted by Crippen LogP contribution is -2.42. The molecule has 1 atom stereocenters. The lowest BCUT2D eigenvalue weighted by Gasteiger charge is -2.31. The summed E-state index contributed by atoms with van der Waals surface area (Å²) in [6.07, 6.45) is 0.816. The summed E-state index contributed by atoms with van der Waals surface area (Å²) >= 11 is 0. The zero-order chi connectivity index (χ0) is 14.0. The van der Waals surface area contributed by atoms with Crippen molar-refractivity contribution in [3.05, 3.63) is 35.6 Å². The van der Waals surface area contributed by atoms with E-state index in [0.717, 1.165) is 0 Å². The maximum absolute atomic E-state index is 13.5. The number of rotatable bonds is 3. The van der Waals surface area contributed by atoms with Gasteiger partial charge in [0.15, 0.2) is 0 Å². The second-order valence-corrected chi connectivity index (χ2v) is 5.77. The van der Waals surface area contributed by atoms with Crippen molar-refractivity contribution >= 4 is 5.91 Å². The van der Waals surface area contributed by atoms with E-state index in [-0.39, 0.29) is 23.7 Å². The highest BCUT2D eigenvalue weighted by Crippen LogP contribution is 2.29. The van der Waals surface area contributed by atoms with Crippen molar-refractivity contribution in [2.24, 2.45) is 0 Å². The molecule has 1 aromatic rings. The van der Waals surface area contributed by atoms with Crippen molar-refractivity contribution in [1.29, 1.82) is 0 Å². The molecule has 1 aromatic carbocycles. The summed E-state index contributed by atoms with van der Waals surface area (Å²) in [5.41, 5.74) is 0.250. The molecular formula is C15H20FNO2. The molecule has 4 heteroatoms. The summed E-state index contributed by atoms with van der Waals surface area (Å²) in [5.74, 6) is -0.291. The second-order valence-electron chi connectivity index (χ2n) is 5.77. The fraction of sp³-hybridized carbons (Fsp3) is 0.533. The summed E-state index contributed by atoms with van der Waals surface area (Å²) in [6, 6.07) is 6.52. The first-order valence-electron chi connectivity index (χ1n) is 6.62. The molecule has 3 nitrogen and oxygen atoms in total. The van der Waals surface area contributed by atoms with Gasteiger partial charge in [0, 0.05) is 18.5 Å². The van der Waals surface area contributed by atoms with Crippen molar-refractivity contribution in [2.75, 3.05) is 6.54 Å². The van der Waals surface area contributed by atoms with Crippen LogP contribution >= 0.6 is 0 Å². The van der Waals surface area contributed by atoms with Crippen LogP contribution in [0.4, 0.5) is 4.39 Å². The predicted molar refractivity (Wildman–Crippen MR) is 71.1 cm³/mol. The lowest BCUT2D eigenvalue weighted by atomic mass is 10.0. The molecule has 1 aliphatic heterocycles. The van der Waals surface area contributed by atoms with E-state index in [1.807, 2.05) is 13.8 Å². The van der Waals surface area contributed by atoms with Crippen LogP contribution in [0.5, 0.6) is 0 Å². The Morgan fingerprint density at radius 3 is 2.74 bits per heavy atom. The van der Waals surface area contributed by atoms with Gasteiger partial charge in [0.05, 0.1) is 6.10 Å². The van der Waals surface area contributed by atoms with Crippen LogP contribution in [0.15, 0.2) is 24.3 Å². The average molecular weight is 265 g/mol. The Morgan fingerprint density at radius 2 is 2.16 bits per heavy atom. The Hall–Kier alpha value is -1.42. The van der Waals surface area contributed by atoms with Crippen LogP contribution in [0.3, 0.4) is 0 Å². The Morgan fingerprint density at radius 1 is 1.47 bits per heavy atom. The molecule has 0 radical (unpaired) electrons. The van der Waals surface area contributed by atoms with Crippen LogP contribution in [-0.2, 0) is 11.2 Å². The Bertz CT molecular complexity index is 473. The summed E-state index contributed by atoms with van der Waals surface area (Å²) in [7, 11) is 0. The van der Waals surface area contributed by atoms with E-state index in [9.17, 15) is 14.3 Å². The molecule has 2 rings (SSSR count). The van der Waals surface area contributed by atoms with E-state index in [4.69, 9.17) is 0 Å². The minimum absolute atomic E-state index is 0.0233. The average Bonchev–Trinajstić information content (AvgIpc) is 2.61. The van der Waals surface area contributed by atoms with Crippen LogP contribution < -0.4 is 0 Å². The molecule has 0 bridgehead atoms. The number of benzene rings is 1. The van der Waals surface area contributed by atoms with Gasteiger partial charge in [-0.1, -0.05) is 18.2 Å². The van der Waals surface area contributed by atoms with E-state index >= 15 is 0 Å². The SMILES string of the molecule is CC1(C)CC(O)CN1C(=O)CCc1ccccc1F. The number of carbonyl (C=O) groups is 1.